The molecule has 0 atom stereocenters. The molecular formula is C10H19NO2. The van der Waals surface area contributed by atoms with Gasteiger partial charge in [0.2, 0.25) is 5.91 Å². The topological polar surface area (TPSA) is 29.5 Å². The highest BCUT2D eigenvalue weighted by Gasteiger charge is 2.32. The second-order valence-corrected chi connectivity index (χ2v) is 3.39. The summed E-state index contributed by atoms with van der Waals surface area (Å²) < 4.78 is 5.22. The summed E-state index contributed by atoms with van der Waals surface area (Å²) in [7, 11) is 0. The predicted molar refractivity (Wildman–Crippen MR) is 51.5 cm³/mol. The minimum absolute atomic E-state index is 0.321. The number of carbonyl (C=O) groups excluding carboxylic acids is 1. The summed E-state index contributed by atoms with van der Waals surface area (Å²) in [5.41, 5.74) is 0. The number of likely N-dealkylation sites (N-methyl/N-ethyl adjacent to an activating group) is 1. The van der Waals surface area contributed by atoms with Gasteiger partial charge in [-0.05, 0) is 26.7 Å². The van der Waals surface area contributed by atoms with Crippen molar-refractivity contribution in [1.29, 1.82) is 0 Å². The fourth-order valence-electron chi connectivity index (χ4n) is 1.33. The van der Waals surface area contributed by atoms with Crippen molar-refractivity contribution in [3.05, 3.63) is 0 Å². The van der Waals surface area contributed by atoms with Gasteiger partial charge in [-0.25, -0.2) is 0 Å². The molecule has 0 bridgehead atoms. The highest BCUT2D eigenvalue weighted by molar-refractivity contribution is 5.80. The molecule has 1 rings (SSSR count). The average Bonchev–Trinajstić information content (AvgIpc) is 2.94. The first-order valence-electron chi connectivity index (χ1n) is 5.16. The van der Waals surface area contributed by atoms with Gasteiger partial charge in [-0.15, -0.1) is 0 Å². The number of hydrogen-bond donors (Lipinski definition) is 0. The second kappa shape index (κ2) is 5.22. The lowest BCUT2D eigenvalue weighted by molar-refractivity contribution is -0.133. The van der Waals surface area contributed by atoms with Crippen molar-refractivity contribution in [2.75, 3.05) is 26.3 Å². The number of rotatable bonds is 6. The summed E-state index contributed by atoms with van der Waals surface area (Å²) in [5.74, 6) is 0.656. The Morgan fingerprint density at radius 1 is 1.46 bits per heavy atom. The molecule has 0 aromatic heterocycles. The monoisotopic (exact) mass is 185 g/mol. The summed E-state index contributed by atoms with van der Waals surface area (Å²) in [5, 5.41) is 0. The smallest absolute Gasteiger partial charge is 0.225 e. The van der Waals surface area contributed by atoms with E-state index in [2.05, 4.69) is 0 Å². The maximum atomic E-state index is 11.6. The molecule has 76 valence electrons. The maximum absolute atomic E-state index is 11.6. The molecule has 3 heteroatoms. The van der Waals surface area contributed by atoms with E-state index in [1.165, 1.54) is 0 Å². The van der Waals surface area contributed by atoms with E-state index < -0.39 is 0 Å². The Morgan fingerprint density at radius 3 is 2.62 bits per heavy atom. The lowest BCUT2D eigenvalue weighted by Gasteiger charge is -2.20. The molecule has 1 fully saturated rings. The van der Waals surface area contributed by atoms with Crippen molar-refractivity contribution in [1.82, 2.24) is 4.90 Å². The lowest BCUT2D eigenvalue weighted by atomic mass is 10.3. The van der Waals surface area contributed by atoms with Crippen molar-refractivity contribution in [3.8, 4) is 0 Å². The van der Waals surface area contributed by atoms with E-state index in [4.69, 9.17) is 4.74 Å². The van der Waals surface area contributed by atoms with Crippen LogP contribution in [0.3, 0.4) is 0 Å². The van der Waals surface area contributed by atoms with E-state index in [9.17, 15) is 4.79 Å². The van der Waals surface area contributed by atoms with Crippen LogP contribution in [-0.2, 0) is 9.53 Å². The van der Waals surface area contributed by atoms with E-state index in [1.807, 2.05) is 18.7 Å². The number of nitrogens with zero attached hydrogens (tertiary/aromatic N) is 1. The molecule has 13 heavy (non-hydrogen) atoms. The van der Waals surface area contributed by atoms with Crippen LogP contribution in [0.1, 0.15) is 26.7 Å². The molecule has 1 saturated carbocycles. The van der Waals surface area contributed by atoms with Crippen molar-refractivity contribution in [2.24, 2.45) is 5.92 Å². The van der Waals surface area contributed by atoms with Gasteiger partial charge in [0.25, 0.3) is 0 Å². The van der Waals surface area contributed by atoms with Gasteiger partial charge in [0.15, 0.2) is 0 Å². The Kier molecular flexibility index (Phi) is 4.22. The molecule has 0 aliphatic heterocycles. The van der Waals surface area contributed by atoms with Crippen molar-refractivity contribution in [3.63, 3.8) is 0 Å². The van der Waals surface area contributed by atoms with Gasteiger partial charge >= 0.3 is 0 Å². The molecule has 0 spiro atoms. The molecule has 0 aromatic carbocycles. The largest absolute Gasteiger partial charge is 0.380 e. The number of hydrogen-bond acceptors (Lipinski definition) is 2. The van der Waals surface area contributed by atoms with Crippen LogP contribution in [0.15, 0.2) is 0 Å². The van der Waals surface area contributed by atoms with E-state index in [0.29, 0.717) is 18.4 Å². The molecule has 1 amide bonds. The van der Waals surface area contributed by atoms with Gasteiger partial charge in [-0.3, -0.25) is 4.79 Å². The SMILES string of the molecule is CCOCCN(CC)C(=O)C1CC1. The molecule has 1 aliphatic rings. The maximum Gasteiger partial charge on any atom is 0.225 e. The standard InChI is InChI=1S/C10H19NO2/c1-3-11(7-8-13-4-2)10(12)9-5-6-9/h9H,3-8H2,1-2H3. The third-order valence-electron chi connectivity index (χ3n) is 2.33. The first-order valence-corrected chi connectivity index (χ1v) is 5.16. The normalized spacial score (nSPS) is 15.8. The minimum Gasteiger partial charge on any atom is -0.380 e. The number of amides is 1. The van der Waals surface area contributed by atoms with Crippen molar-refractivity contribution >= 4 is 5.91 Å². The van der Waals surface area contributed by atoms with Crippen LogP contribution in [0.4, 0.5) is 0 Å². The second-order valence-electron chi connectivity index (χ2n) is 3.39. The van der Waals surface area contributed by atoms with Crippen LogP contribution >= 0.6 is 0 Å². The van der Waals surface area contributed by atoms with Crippen LogP contribution in [0.2, 0.25) is 0 Å². The fourth-order valence-corrected chi connectivity index (χ4v) is 1.33. The molecule has 0 N–H and O–H groups in total. The Labute approximate surface area is 80.1 Å². The predicted octanol–water partition coefficient (Wildman–Crippen LogP) is 1.28. The van der Waals surface area contributed by atoms with Gasteiger partial charge in [-0.1, -0.05) is 0 Å². The summed E-state index contributed by atoms with van der Waals surface area (Å²) in [6.07, 6.45) is 2.17. The summed E-state index contributed by atoms with van der Waals surface area (Å²) in [4.78, 5) is 13.5. The summed E-state index contributed by atoms with van der Waals surface area (Å²) in [6, 6.07) is 0. The third kappa shape index (κ3) is 3.35. The Morgan fingerprint density at radius 2 is 2.15 bits per heavy atom. The first-order chi connectivity index (χ1) is 6.29. The highest BCUT2D eigenvalue weighted by atomic mass is 16.5. The van der Waals surface area contributed by atoms with E-state index in [0.717, 1.165) is 32.5 Å². The minimum atomic E-state index is 0.321. The highest BCUT2D eigenvalue weighted by Crippen LogP contribution is 2.30. The van der Waals surface area contributed by atoms with Gasteiger partial charge in [-0.2, -0.15) is 0 Å². The van der Waals surface area contributed by atoms with Gasteiger partial charge < -0.3 is 9.64 Å². The lowest BCUT2D eigenvalue weighted by Crippen LogP contribution is -2.34. The molecule has 0 radical (unpaired) electrons. The molecule has 0 heterocycles. The summed E-state index contributed by atoms with van der Waals surface area (Å²) >= 11 is 0. The van der Waals surface area contributed by atoms with Crippen LogP contribution < -0.4 is 0 Å². The average molecular weight is 185 g/mol. The molecule has 3 nitrogen and oxygen atoms in total. The fraction of sp³-hybridized carbons (Fsp3) is 0.900. The van der Waals surface area contributed by atoms with E-state index in [1.54, 1.807) is 0 Å². The zero-order valence-corrected chi connectivity index (χ0v) is 8.58. The molecule has 1 aliphatic carbocycles. The van der Waals surface area contributed by atoms with Gasteiger partial charge in [0, 0.05) is 25.6 Å². The molecule has 0 unspecified atom stereocenters. The molecule has 0 saturated heterocycles. The van der Waals surface area contributed by atoms with Crippen LogP contribution in [0.5, 0.6) is 0 Å². The number of ether oxygens (including phenoxy) is 1. The summed E-state index contributed by atoms with van der Waals surface area (Å²) in [6.45, 7) is 6.95. The van der Waals surface area contributed by atoms with Gasteiger partial charge in [0.1, 0.15) is 0 Å². The van der Waals surface area contributed by atoms with Crippen molar-refractivity contribution in [2.45, 2.75) is 26.7 Å². The Hall–Kier alpha value is -0.570. The third-order valence-corrected chi connectivity index (χ3v) is 2.33. The van der Waals surface area contributed by atoms with Crippen LogP contribution in [0, 0.1) is 5.92 Å². The Bertz CT molecular complexity index is 166. The molecular weight excluding hydrogens is 166 g/mol. The van der Waals surface area contributed by atoms with Gasteiger partial charge in [0.05, 0.1) is 6.61 Å². The molecule has 0 aromatic rings. The Balaban J connectivity index is 2.20. The van der Waals surface area contributed by atoms with Crippen LogP contribution in [-0.4, -0.2) is 37.1 Å². The van der Waals surface area contributed by atoms with Crippen LogP contribution in [0.25, 0.3) is 0 Å². The first kappa shape index (κ1) is 10.5. The quantitative estimate of drug-likeness (QED) is 0.583. The zero-order chi connectivity index (χ0) is 9.68. The van der Waals surface area contributed by atoms with E-state index >= 15 is 0 Å². The number of carbonyl (C=O) groups is 1. The van der Waals surface area contributed by atoms with Crippen molar-refractivity contribution < 1.29 is 9.53 Å². The van der Waals surface area contributed by atoms with E-state index in [-0.39, 0.29) is 0 Å². The zero-order valence-electron chi connectivity index (χ0n) is 8.58.